The van der Waals surface area contributed by atoms with Crippen molar-refractivity contribution in [1.29, 1.82) is 0 Å². The Morgan fingerprint density at radius 2 is 1.87 bits per heavy atom. The lowest BCUT2D eigenvalue weighted by molar-refractivity contribution is -0.119. The highest BCUT2D eigenvalue weighted by Gasteiger charge is 2.14. The topological polar surface area (TPSA) is 105 Å². The Morgan fingerprint density at radius 3 is 2.47 bits per heavy atom. The summed E-state index contributed by atoms with van der Waals surface area (Å²) in [4.78, 5) is 28.7. The summed E-state index contributed by atoms with van der Waals surface area (Å²) < 4.78 is 17.1. The number of anilines is 1. The van der Waals surface area contributed by atoms with E-state index in [0.29, 0.717) is 23.0 Å². The summed E-state index contributed by atoms with van der Waals surface area (Å²) in [5.74, 6) is 0.425. The Balaban J connectivity index is 1.60. The second-order valence-electron chi connectivity index (χ2n) is 6.43. The van der Waals surface area contributed by atoms with Crippen LogP contribution in [0.15, 0.2) is 42.6 Å². The quantitative estimate of drug-likeness (QED) is 0.597. The van der Waals surface area contributed by atoms with Crippen LogP contribution in [0.5, 0.6) is 11.5 Å². The molecule has 3 rings (SSSR count). The predicted octanol–water partition coefficient (Wildman–Crippen LogP) is 2.70. The molecule has 30 heavy (non-hydrogen) atoms. The number of amides is 1. The smallest absolute Gasteiger partial charge is 0.340 e. The number of aryl methyl sites for hydroxylation is 2. The average molecular weight is 410 g/mol. The lowest BCUT2D eigenvalue weighted by atomic mass is 10.2. The van der Waals surface area contributed by atoms with Crippen molar-refractivity contribution in [1.82, 2.24) is 14.8 Å². The van der Waals surface area contributed by atoms with Crippen molar-refractivity contribution >= 4 is 17.6 Å². The minimum atomic E-state index is -0.657. The van der Waals surface area contributed by atoms with E-state index >= 15 is 0 Å². The molecule has 0 saturated heterocycles. The van der Waals surface area contributed by atoms with Crippen molar-refractivity contribution < 1.29 is 23.8 Å². The van der Waals surface area contributed by atoms with Crippen LogP contribution in [0.2, 0.25) is 0 Å². The van der Waals surface area contributed by atoms with Gasteiger partial charge in [0, 0.05) is 18.0 Å². The summed E-state index contributed by atoms with van der Waals surface area (Å²) in [5, 5.41) is 6.98. The highest BCUT2D eigenvalue weighted by atomic mass is 16.5. The van der Waals surface area contributed by atoms with Crippen LogP contribution in [0.3, 0.4) is 0 Å². The van der Waals surface area contributed by atoms with Crippen molar-refractivity contribution in [3.8, 4) is 17.3 Å². The van der Waals surface area contributed by atoms with Gasteiger partial charge in [0.05, 0.1) is 31.2 Å². The van der Waals surface area contributed by atoms with E-state index in [0.717, 1.165) is 11.4 Å². The zero-order chi connectivity index (χ0) is 21.7. The molecule has 0 aliphatic rings. The molecular weight excluding hydrogens is 388 g/mol. The third-order valence-corrected chi connectivity index (χ3v) is 4.23. The fourth-order valence-electron chi connectivity index (χ4n) is 2.81. The molecule has 9 heteroatoms. The lowest BCUT2D eigenvalue weighted by Crippen LogP contribution is -2.21. The maximum atomic E-state index is 12.2. The first-order valence-electron chi connectivity index (χ1n) is 9.10. The summed E-state index contributed by atoms with van der Waals surface area (Å²) in [7, 11) is 3.00. The van der Waals surface area contributed by atoms with Crippen LogP contribution in [-0.2, 0) is 9.53 Å². The van der Waals surface area contributed by atoms with Gasteiger partial charge in [-0.1, -0.05) is 0 Å². The largest absolute Gasteiger partial charge is 0.497 e. The first-order valence-corrected chi connectivity index (χ1v) is 9.10. The number of hydrogen-bond acceptors (Lipinski definition) is 7. The fraction of sp³-hybridized carbons (Fsp3) is 0.238. The number of pyridine rings is 1. The number of nitrogens with zero attached hydrogens (tertiary/aromatic N) is 3. The Bertz CT molecular complexity index is 1060. The van der Waals surface area contributed by atoms with Crippen LogP contribution in [0.25, 0.3) is 5.82 Å². The van der Waals surface area contributed by atoms with E-state index in [1.165, 1.54) is 20.4 Å². The third kappa shape index (κ3) is 4.75. The molecule has 156 valence electrons. The number of ether oxygens (including phenoxy) is 3. The summed E-state index contributed by atoms with van der Waals surface area (Å²) >= 11 is 0. The van der Waals surface area contributed by atoms with Crippen molar-refractivity contribution in [2.24, 2.45) is 0 Å². The molecule has 1 amide bonds. The van der Waals surface area contributed by atoms with Crippen molar-refractivity contribution in [2.45, 2.75) is 13.8 Å². The van der Waals surface area contributed by atoms with Crippen LogP contribution in [-0.4, -0.2) is 47.5 Å². The summed E-state index contributed by atoms with van der Waals surface area (Å²) in [6, 6.07) is 10.1. The standard InChI is InChI=1S/C21H22N4O5/c1-13-9-14(2)25(24-13)19-8-5-15(11-22-19)21(27)30-12-20(26)23-17-10-16(28-3)6-7-18(17)29-4/h5-11H,12H2,1-4H3,(H,23,26). The fourth-order valence-corrected chi connectivity index (χ4v) is 2.81. The van der Waals surface area contributed by atoms with Crippen LogP contribution in [0.4, 0.5) is 5.69 Å². The summed E-state index contributed by atoms with van der Waals surface area (Å²) in [6.45, 7) is 3.35. The van der Waals surface area contributed by atoms with Gasteiger partial charge < -0.3 is 19.5 Å². The molecule has 9 nitrogen and oxygen atoms in total. The molecule has 1 N–H and O–H groups in total. The number of aromatic nitrogens is 3. The SMILES string of the molecule is COc1ccc(OC)c(NC(=O)COC(=O)c2ccc(-n3nc(C)cc3C)nc2)c1. The van der Waals surface area contributed by atoms with Crippen molar-refractivity contribution in [2.75, 3.05) is 26.1 Å². The maximum absolute atomic E-state index is 12.2. The molecule has 0 unspecified atom stereocenters. The maximum Gasteiger partial charge on any atom is 0.340 e. The van der Waals surface area contributed by atoms with E-state index in [-0.39, 0.29) is 5.56 Å². The molecule has 0 radical (unpaired) electrons. The summed E-state index contributed by atoms with van der Waals surface area (Å²) in [5.41, 5.74) is 2.44. The van der Waals surface area contributed by atoms with Gasteiger partial charge in [-0.2, -0.15) is 5.10 Å². The molecule has 0 spiro atoms. The van der Waals surface area contributed by atoms with E-state index < -0.39 is 18.5 Å². The zero-order valence-electron chi connectivity index (χ0n) is 17.1. The number of rotatable bonds is 7. The minimum absolute atomic E-state index is 0.229. The number of methoxy groups -OCH3 is 2. The number of hydrogen-bond donors (Lipinski definition) is 1. The summed E-state index contributed by atoms with van der Waals surface area (Å²) in [6.07, 6.45) is 1.39. The molecule has 0 aliphatic heterocycles. The molecule has 1 aromatic carbocycles. The highest BCUT2D eigenvalue weighted by molar-refractivity contribution is 5.96. The zero-order valence-corrected chi connectivity index (χ0v) is 17.1. The molecule has 0 atom stereocenters. The van der Waals surface area contributed by atoms with E-state index in [1.807, 2.05) is 19.9 Å². The number of carbonyl (C=O) groups is 2. The van der Waals surface area contributed by atoms with E-state index in [9.17, 15) is 9.59 Å². The average Bonchev–Trinajstić information content (AvgIpc) is 3.09. The lowest BCUT2D eigenvalue weighted by Gasteiger charge is -2.12. The number of esters is 1. The highest BCUT2D eigenvalue weighted by Crippen LogP contribution is 2.28. The van der Waals surface area contributed by atoms with Crippen molar-refractivity contribution in [3.05, 3.63) is 59.5 Å². The van der Waals surface area contributed by atoms with Crippen LogP contribution in [0.1, 0.15) is 21.7 Å². The third-order valence-electron chi connectivity index (χ3n) is 4.23. The molecule has 2 aromatic heterocycles. The molecule has 0 bridgehead atoms. The molecular formula is C21H22N4O5. The predicted molar refractivity (Wildman–Crippen MR) is 109 cm³/mol. The monoisotopic (exact) mass is 410 g/mol. The van der Waals surface area contributed by atoms with E-state index in [4.69, 9.17) is 14.2 Å². The Morgan fingerprint density at radius 1 is 1.07 bits per heavy atom. The number of nitrogens with one attached hydrogen (secondary N) is 1. The first kappa shape index (κ1) is 20.8. The second-order valence-corrected chi connectivity index (χ2v) is 6.43. The van der Waals surface area contributed by atoms with E-state index in [2.05, 4.69) is 15.4 Å². The van der Waals surface area contributed by atoms with Gasteiger partial charge in [0.25, 0.3) is 5.91 Å². The van der Waals surface area contributed by atoms with Crippen LogP contribution < -0.4 is 14.8 Å². The van der Waals surface area contributed by atoms with Gasteiger partial charge in [0.1, 0.15) is 11.5 Å². The number of carbonyl (C=O) groups excluding carboxylic acids is 2. The van der Waals surface area contributed by atoms with Gasteiger partial charge >= 0.3 is 5.97 Å². The Hall–Kier alpha value is -3.88. The van der Waals surface area contributed by atoms with Gasteiger partial charge in [-0.05, 0) is 44.2 Å². The molecule has 0 aliphatic carbocycles. The van der Waals surface area contributed by atoms with Gasteiger partial charge in [0.2, 0.25) is 0 Å². The molecule has 2 heterocycles. The molecule has 0 saturated carbocycles. The van der Waals surface area contributed by atoms with Crippen molar-refractivity contribution in [3.63, 3.8) is 0 Å². The van der Waals surface area contributed by atoms with Gasteiger partial charge in [-0.25, -0.2) is 14.5 Å². The van der Waals surface area contributed by atoms with Gasteiger partial charge in [-0.3, -0.25) is 4.79 Å². The minimum Gasteiger partial charge on any atom is -0.497 e. The first-order chi connectivity index (χ1) is 14.4. The Labute approximate surface area is 173 Å². The van der Waals surface area contributed by atoms with Gasteiger partial charge in [-0.15, -0.1) is 0 Å². The van der Waals surface area contributed by atoms with Crippen LogP contribution >= 0.6 is 0 Å². The Kier molecular flexibility index (Phi) is 6.31. The van der Waals surface area contributed by atoms with E-state index in [1.54, 1.807) is 35.0 Å². The van der Waals surface area contributed by atoms with Crippen LogP contribution in [0, 0.1) is 13.8 Å². The second kappa shape index (κ2) is 9.08. The number of benzene rings is 1. The normalized spacial score (nSPS) is 10.4. The molecule has 3 aromatic rings. The molecule has 0 fully saturated rings. The van der Waals surface area contributed by atoms with Gasteiger partial charge in [0.15, 0.2) is 12.4 Å².